The minimum absolute atomic E-state index is 0.0445. The van der Waals surface area contributed by atoms with E-state index in [2.05, 4.69) is 63.5 Å². The van der Waals surface area contributed by atoms with Crippen LogP contribution in [0.4, 0.5) is 5.82 Å². The molecule has 0 spiro atoms. The fourth-order valence-corrected chi connectivity index (χ4v) is 6.67. The Morgan fingerprint density at radius 1 is 1.19 bits per heavy atom. The van der Waals surface area contributed by atoms with Crippen LogP contribution < -0.4 is 10.2 Å². The van der Waals surface area contributed by atoms with Gasteiger partial charge in [0.25, 0.3) is 0 Å². The van der Waals surface area contributed by atoms with Gasteiger partial charge in [-0.25, -0.2) is 4.68 Å². The molecule has 0 bridgehead atoms. The van der Waals surface area contributed by atoms with Crippen molar-refractivity contribution < 1.29 is 9.59 Å². The predicted molar refractivity (Wildman–Crippen MR) is 154 cm³/mol. The van der Waals surface area contributed by atoms with Crippen molar-refractivity contribution in [2.24, 2.45) is 0 Å². The highest BCUT2D eigenvalue weighted by Gasteiger charge is 2.40. The van der Waals surface area contributed by atoms with Crippen LogP contribution in [0.3, 0.4) is 0 Å². The van der Waals surface area contributed by atoms with Gasteiger partial charge in [0.15, 0.2) is 0 Å². The van der Waals surface area contributed by atoms with Crippen LogP contribution in [0.1, 0.15) is 53.3 Å². The Bertz CT molecular complexity index is 1270. The largest absolute Gasteiger partial charge is 0.353 e. The Labute approximate surface area is 228 Å². The lowest BCUT2D eigenvalue weighted by Crippen LogP contribution is -2.43. The first kappa shape index (κ1) is 27.4. The van der Waals surface area contributed by atoms with Gasteiger partial charge in [0.05, 0.1) is 22.4 Å². The molecule has 2 amide bonds. The summed E-state index contributed by atoms with van der Waals surface area (Å²) >= 11 is 3.31. The third-order valence-corrected chi connectivity index (χ3v) is 8.91. The molecule has 2 aromatic heterocycles. The number of hydrogen-bond donors (Lipinski definition) is 1. The monoisotopic (exact) mass is 539 g/mol. The van der Waals surface area contributed by atoms with Crippen molar-refractivity contribution >= 4 is 40.7 Å². The topological polar surface area (TPSA) is 70.5 Å². The van der Waals surface area contributed by atoms with Crippen molar-refractivity contribution in [3.8, 4) is 5.69 Å². The maximum absolute atomic E-state index is 13.7. The molecule has 37 heavy (non-hydrogen) atoms. The SMILES string of the molecule is Cc1cccc(-n2nc(C(C)(C)C)c3c2N(CC(=O)NCCN(C)C)C(=O)CS[C@@H]3c2cccs2)c1C. The van der Waals surface area contributed by atoms with E-state index in [0.29, 0.717) is 18.1 Å². The molecule has 0 aliphatic carbocycles. The number of anilines is 1. The smallest absolute Gasteiger partial charge is 0.240 e. The molecule has 1 aromatic carbocycles. The van der Waals surface area contributed by atoms with E-state index in [1.807, 2.05) is 35.8 Å². The second-order valence-electron chi connectivity index (χ2n) is 10.8. The summed E-state index contributed by atoms with van der Waals surface area (Å²) < 4.78 is 1.91. The molecule has 3 heterocycles. The Hall–Kier alpha value is -2.62. The number of thiophene rings is 1. The van der Waals surface area contributed by atoms with Crippen molar-refractivity contribution in [1.29, 1.82) is 0 Å². The maximum atomic E-state index is 13.7. The van der Waals surface area contributed by atoms with Crippen LogP contribution in [0.25, 0.3) is 5.69 Å². The van der Waals surface area contributed by atoms with E-state index in [-0.39, 0.29) is 29.0 Å². The predicted octanol–water partition coefficient (Wildman–Crippen LogP) is 4.70. The Morgan fingerprint density at radius 2 is 1.95 bits per heavy atom. The number of nitrogens with one attached hydrogen (secondary N) is 1. The summed E-state index contributed by atoms with van der Waals surface area (Å²) in [6.07, 6.45) is 0. The van der Waals surface area contributed by atoms with Gasteiger partial charge in [0.2, 0.25) is 11.8 Å². The van der Waals surface area contributed by atoms with E-state index >= 15 is 0 Å². The lowest BCUT2D eigenvalue weighted by molar-refractivity contribution is -0.122. The standard InChI is InChI=1S/C28H37N5O2S2/c1-18-10-8-11-20(19(18)2)33-27-24(26(30-33)28(3,4)5)25(21-12-9-15-36-21)37-17-23(35)32(27)16-22(34)29-13-14-31(6)7/h8-12,15,25H,13-14,16-17H2,1-7H3,(H,29,34)/t25-/m1/s1. The molecule has 0 saturated carbocycles. The molecule has 0 unspecified atom stereocenters. The van der Waals surface area contributed by atoms with Crippen molar-refractivity contribution in [1.82, 2.24) is 20.0 Å². The van der Waals surface area contributed by atoms with Crippen LogP contribution in [0.5, 0.6) is 0 Å². The van der Waals surface area contributed by atoms with E-state index in [9.17, 15) is 9.59 Å². The number of likely N-dealkylation sites (N-methyl/N-ethyl adjacent to an activating group) is 1. The molecule has 1 aliphatic heterocycles. The number of carbonyl (C=O) groups is 2. The molecule has 1 N–H and O–H groups in total. The number of hydrogen-bond acceptors (Lipinski definition) is 6. The van der Waals surface area contributed by atoms with Crippen molar-refractivity contribution in [2.75, 3.05) is 44.4 Å². The highest BCUT2D eigenvalue weighted by molar-refractivity contribution is 8.00. The normalized spacial score (nSPS) is 16.2. The minimum Gasteiger partial charge on any atom is -0.353 e. The minimum atomic E-state index is -0.268. The average Bonchev–Trinajstić information content (AvgIpc) is 3.45. The number of amides is 2. The van der Waals surface area contributed by atoms with Gasteiger partial charge in [-0.3, -0.25) is 14.5 Å². The molecule has 4 rings (SSSR count). The van der Waals surface area contributed by atoms with Crippen LogP contribution in [0.15, 0.2) is 35.7 Å². The lowest BCUT2D eigenvalue weighted by atomic mass is 9.88. The number of benzene rings is 1. The Kier molecular flexibility index (Phi) is 8.16. The van der Waals surface area contributed by atoms with E-state index in [1.54, 1.807) is 28.0 Å². The first-order valence-electron chi connectivity index (χ1n) is 12.6. The first-order chi connectivity index (χ1) is 17.5. The van der Waals surface area contributed by atoms with Gasteiger partial charge in [-0.05, 0) is 56.6 Å². The molecule has 0 saturated heterocycles. The van der Waals surface area contributed by atoms with Gasteiger partial charge in [-0.1, -0.05) is 39.0 Å². The average molecular weight is 540 g/mol. The van der Waals surface area contributed by atoms with Gasteiger partial charge in [-0.2, -0.15) is 5.10 Å². The summed E-state index contributed by atoms with van der Waals surface area (Å²) in [5, 5.41) is 10.2. The quantitative estimate of drug-likeness (QED) is 0.472. The van der Waals surface area contributed by atoms with Crippen molar-refractivity contribution in [2.45, 2.75) is 45.3 Å². The highest BCUT2D eigenvalue weighted by Crippen LogP contribution is 2.49. The number of carbonyl (C=O) groups excluding carboxylic acids is 2. The summed E-state index contributed by atoms with van der Waals surface area (Å²) in [5.74, 6) is 0.736. The fraction of sp³-hybridized carbons (Fsp3) is 0.464. The van der Waals surface area contributed by atoms with E-state index in [4.69, 9.17) is 5.10 Å². The number of rotatable bonds is 7. The van der Waals surface area contributed by atoms with Gasteiger partial charge in [0.1, 0.15) is 12.4 Å². The zero-order valence-electron chi connectivity index (χ0n) is 22.8. The molecule has 0 fully saturated rings. The fourth-order valence-electron chi connectivity index (χ4n) is 4.49. The Balaban J connectivity index is 1.93. The molecule has 7 nitrogen and oxygen atoms in total. The van der Waals surface area contributed by atoms with E-state index in [0.717, 1.165) is 34.6 Å². The van der Waals surface area contributed by atoms with Crippen LogP contribution in [0.2, 0.25) is 0 Å². The van der Waals surface area contributed by atoms with Gasteiger partial charge in [-0.15, -0.1) is 23.1 Å². The van der Waals surface area contributed by atoms with Crippen molar-refractivity contribution in [3.63, 3.8) is 0 Å². The molecule has 9 heteroatoms. The number of thioether (sulfide) groups is 1. The summed E-state index contributed by atoms with van der Waals surface area (Å²) in [4.78, 5) is 31.6. The van der Waals surface area contributed by atoms with Gasteiger partial charge in [0, 0.05) is 28.9 Å². The van der Waals surface area contributed by atoms with E-state index < -0.39 is 0 Å². The zero-order valence-corrected chi connectivity index (χ0v) is 24.4. The third kappa shape index (κ3) is 5.78. The lowest BCUT2D eigenvalue weighted by Gasteiger charge is -2.24. The number of aromatic nitrogens is 2. The number of nitrogens with zero attached hydrogens (tertiary/aromatic N) is 4. The molecule has 1 atom stereocenters. The molecular weight excluding hydrogens is 502 g/mol. The zero-order chi connectivity index (χ0) is 26.9. The van der Waals surface area contributed by atoms with Gasteiger partial charge < -0.3 is 10.2 Å². The molecule has 1 aliphatic rings. The molecular formula is C28H37N5O2S2. The Morgan fingerprint density at radius 3 is 2.59 bits per heavy atom. The van der Waals surface area contributed by atoms with Crippen LogP contribution in [0, 0.1) is 13.8 Å². The number of fused-ring (bicyclic) bond motifs is 1. The highest BCUT2D eigenvalue weighted by atomic mass is 32.2. The second kappa shape index (κ2) is 11.0. The van der Waals surface area contributed by atoms with Crippen LogP contribution >= 0.6 is 23.1 Å². The molecule has 0 radical (unpaired) electrons. The van der Waals surface area contributed by atoms with Crippen LogP contribution in [-0.2, 0) is 15.0 Å². The maximum Gasteiger partial charge on any atom is 0.240 e. The number of aryl methyl sites for hydroxylation is 1. The molecule has 3 aromatic rings. The summed E-state index contributed by atoms with van der Waals surface area (Å²) in [7, 11) is 3.94. The van der Waals surface area contributed by atoms with Crippen molar-refractivity contribution in [3.05, 3.63) is 63.0 Å². The molecule has 198 valence electrons. The second-order valence-corrected chi connectivity index (χ2v) is 12.9. The third-order valence-electron chi connectivity index (χ3n) is 6.59. The summed E-state index contributed by atoms with van der Waals surface area (Å²) in [6, 6.07) is 10.3. The van der Waals surface area contributed by atoms with E-state index in [1.165, 1.54) is 4.88 Å². The first-order valence-corrected chi connectivity index (χ1v) is 14.5. The summed E-state index contributed by atoms with van der Waals surface area (Å²) in [6.45, 7) is 11.8. The van der Waals surface area contributed by atoms with Gasteiger partial charge >= 0.3 is 0 Å². The summed E-state index contributed by atoms with van der Waals surface area (Å²) in [5.41, 5.74) is 4.87. The van der Waals surface area contributed by atoms with Crippen LogP contribution in [-0.4, -0.2) is 66.0 Å².